The van der Waals surface area contributed by atoms with Gasteiger partial charge in [0.25, 0.3) is 0 Å². The third-order valence-electron chi connectivity index (χ3n) is 3.77. The van der Waals surface area contributed by atoms with E-state index in [1.165, 1.54) is 0 Å². The van der Waals surface area contributed by atoms with Crippen LogP contribution in [0.15, 0.2) is 0 Å². The quantitative estimate of drug-likeness (QED) is 0.753. The molecule has 2 N–H and O–H groups in total. The summed E-state index contributed by atoms with van der Waals surface area (Å²) in [5.41, 5.74) is 6.28. The van der Waals surface area contributed by atoms with E-state index in [4.69, 9.17) is 10.5 Å². The molecule has 90 valence electrons. The third-order valence-corrected chi connectivity index (χ3v) is 3.77. The van der Waals surface area contributed by atoms with Gasteiger partial charge in [0, 0.05) is 32.3 Å². The van der Waals surface area contributed by atoms with Crippen molar-refractivity contribution < 1.29 is 4.74 Å². The molecule has 1 aliphatic heterocycles. The molecule has 0 aromatic rings. The maximum Gasteiger partial charge on any atom is 0.0634 e. The molecule has 0 bridgehead atoms. The van der Waals surface area contributed by atoms with Gasteiger partial charge < -0.3 is 10.5 Å². The first-order valence-electron chi connectivity index (χ1n) is 5.85. The Morgan fingerprint density at radius 3 is 2.33 bits per heavy atom. The van der Waals surface area contributed by atoms with Gasteiger partial charge >= 0.3 is 0 Å². The van der Waals surface area contributed by atoms with Crippen LogP contribution in [0.5, 0.6) is 0 Å². The van der Waals surface area contributed by atoms with E-state index in [9.17, 15) is 0 Å². The van der Waals surface area contributed by atoms with Crippen molar-refractivity contribution in [1.29, 1.82) is 0 Å². The highest BCUT2D eigenvalue weighted by Crippen LogP contribution is 2.27. The van der Waals surface area contributed by atoms with Gasteiger partial charge in [-0.15, -0.1) is 0 Å². The maximum atomic E-state index is 6.23. The molecule has 1 aliphatic rings. The summed E-state index contributed by atoms with van der Waals surface area (Å²) in [6.07, 6.45) is 1.07. The molecule has 1 saturated heterocycles. The first-order chi connectivity index (χ1) is 6.79. The lowest BCUT2D eigenvalue weighted by molar-refractivity contribution is -0.0176. The second-order valence-corrected chi connectivity index (χ2v) is 5.81. The minimum Gasteiger partial charge on any atom is -0.379 e. The number of methoxy groups -OCH3 is 1. The largest absolute Gasteiger partial charge is 0.379 e. The zero-order valence-electron chi connectivity index (χ0n) is 10.8. The van der Waals surface area contributed by atoms with Crippen LogP contribution in [-0.2, 0) is 4.74 Å². The predicted molar refractivity (Wildman–Crippen MR) is 63.9 cm³/mol. The smallest absolute Gasteiger partial charge is 0.0634 e. The van der Waals surface area contributed by atoms with Crippen LogP contribution in [0.4, 0.5) is 0 Å². The second kappa shape index (κ2) is 4.40. The summed E-state index contributed by atoms with van der Waals surface area (Å²) < 4.78 is 5.40. The number of hydrogen-bond donors (Lipinski definition) is 1. The molecule has 1 rings (SSSR count). The molecule has 0 saturated carbocycles. The SMILES string of the molecule is COC(C)(C)CCN1CC(N)(C(C)C)C1. The van der Waals surface area contributed by atoms with Crippen molar-refractivity contribution in [2.45, 2.75) is 45.3 Å². The van der Waals surface area contributed by atoms with E-state index in [0.29, 0.717) is 5.92 Å². The summed E-state index contributed by atoms with van der Waals surface area (Å²) in [5, 5.41) is 0. The van der Waals surface area contributed by atoms with Gasteiger partial charge in [0.15, 0.2) is 0 Å². The highest BCUT2D eigenvalue weighted by Gasteiger charge is 2.41. The van der Waals surface area contributed by atoms with Crippen LogP contribution in [-0.4, -0.2) is 42.8 Å². The molecule has 0 aromatic heterocycles. The van der Waals surface area contributed by atoms with Gasteiger partial charge in [-0.3, -0.25) is 4.90 Å². The van der Waals surface area contributed by atoms with Crippen molar-refractivity contribution in [1.82, 2.24) is 4.90 Å². The van der Waals surface area contributed by atoms with Gasteiger partial charge in [-0.1, -0.05) is 13.8 Å². The zero-order valence-corrected chi connectivity index (χ0v) is 10.8. The number of nitrogens with zero attached hydrogens (tertiary/aromatic N) is 1. The van der Waals surface area contributed by atoms with Crippen molar-refractivity contribution in [2.24, 2.45) is 11.7 Å². The molecule has 1 heterocycles. The number of ether oxygens (including phenoxy) is 1. The van der Waals surface area contributed by atoms with E-state index in [2.05, 4.69) is 32.6 Å². The van der Waals surface area contributed by atoms with Crippen LogP contribution in [0, 0.1) is 5.92 Å². The zero-order chi connectivity index (χ0) is 11.7. The van der Waals surface area contributed by atoms with E-state index in [1.54, 1.807) is 7.11 Å². The molecule has 15 heavy (non-hydrogen) atoms. The van der Waals surface area contributed by atoms with Crippen LogP contribution >= 0.6 is 0 Å². The highest BCUT2D eigenvalue weighted by molar-refractivity contribution is 5.02. The fourth-order valence-electron chi connectivity index (χ4n) is 1.84. The van der Waals surface area contributed by atoms with E-state index in [-0.39, 0.29) is 11.1 Å². The molecule has 0 spiro atoms. The van der Waals surface area contributed by atoms with Crippen molar-refractivity contribution in [3.8, 4) is 0 Å². The Balaban J connectivity index is 2.24. The Bertz CT molecular complexity index is 208. The van der Waals surface area contributed by atoms with Crippen LogP contribution < -0.4 is 5.73 Å². The van der Waals surface area contributed by atoms with Crippen molar-refractivity contribution in [3.05, 3.63) is 0 Å². The van der Waals surface area contributed by atoms with Gasteiger partial charge in [0.05, 0.1) is 5.60 Å². The summed E-state index contributed by atoms with van der Waals surface area (Å²) in [5.74, 6) is 0.573. The van der Waals surface area contributed by atoms with Crippen molar-refractivity contribution in [3.63, 3.8) is 0 Å². The second-order valence-electron chi connectivity index (χ2n) is 5.81. The lowest BCUT2D eigenvalue weighted by atomic mass is 9.80. The predicted octanol–water partition coefficient (Wildman–Crippen LogP) is 1.47. The van der Waals surface area contributed by atoms with E-state index in [0.717, 1.165) is 26.1 Å². The molecular formula is C12H26N2O. The summed E-state index contributed by atoms with van der Waals surface area (Å²) in [6.45, 7) is 11.8. The molecular weight excluding hydrogens is 188 g/mol. The van der Waals surface area contributed by atoms with E-state index < -0.39 is 0 Å². The standard InChI is InChI=1S/C12H26N2O/c1-10(2)12(13)8-14(9-12)7-6-11(3,4)15-5/h10H,6-9,13H2,1-5H3. The number of hydrogen-bond acceptors (Lipinski definition) is 3. The first-order valence-corrected chi connectivity index (χ1v) is 5.85. The van der Waals surface area contributed by atoms with Crippen LogP contribution in [0.2, 0.25) is 0 Å². The molecule has 0 unspecified atom stereocenters. The lowest BCUT2D eigenvalue weighted by Crippen LogP contribution is -2.70. The Labute approximate surface area is 94.0 Å². The van der Waals surface area contributed by atoms with Gasteiger partial charge in [-0.25, -0.2) is 0 Å². The topological polar surface area (TPSA) is 38.5 Å². The van der Waals surface area contributed by atoms with Gasteiger partial charge in [-0.2, -0.15) is 0 Å². The first kappa shape index (κ1) is 12.9. The Hall–Kier alpha value is -0.120. The maximum absolute atomic E-state index is 6.23. The normalized spacial score (nSPS) is 21.8. The molecule has 0 aliphatic carbocycles. The average Bonchev–Trinajstić information content (AvgIpc) is 2.10. The lowest BCUT2D eigenvalue weighted by Gasteiger charge is -2.51. The molecule has 0 amide bonds. The van der Waals surface area contributed by atoms with Gasteiger partial charge in [0.2, 0.25) is 0 Å². The highest BCUT2D eigenvalue weighted by atomic mass is 16.5. The van der Waals surface area contributed by atoms with Crippen LogP contribution in [0.25, 0.3) is 0 Å². The van der Waals surface area contributed by atoms with Crippen molar-refractivity contribution >= 4 is 0 Å². The van der Waals surface area contributed by atoms with E-state index >= 15 is 0 Å². The summed E-state index contributed by atoms with van der Waals surface area (Å²) in [4.78, 5) is 2.42. The Morgan fingerprint density at radius 2 is 1.93 bits per heavy atom. The summed E-state index contributed by atoms with van der Waals surface area (Å²) in [6, 6.07) is 0. The molecule has 3 nitrogen and oxygen atoms in total. The molecule has 0 radical (unpaired) electrons. The fraction of sp³-hybridized carbons (Fsp3) is 1.00. The number of rotatable bonds is 5. The minimum absolute atomic E-state index is 0.00925. The molecule has 1 fully saturated rings. The van der Waals surface area contributed by atoms with Gasteiger partial charge in [-0.05, 0) is 26.2 Å². The third kappa shape index (κ3) is 3.16. The van der Waals surface area contributed by atoms with Crippen LogP contribution in [0.1, 0.15) is 34.1 Å². The molecule has 0 aromatic carbocycles. The monoisotopic (exact) mass is 214 g/mol. The fourth-order valence-corrected chi connectivity index (χ4v) is 1.84. The molecule has 3 heteroatoms. The van der Waals surface area contributed by atoms with E-state index in [1.807, 2.05) is 0 Å². The Morgan fingerprint density at radius 1 is 1.40 bits per heavy atom. The minimum atomic E-state index is -0.00925. The van der Waals surface area contributed by atoms with Crippen LogP contribution in [0.3, 0.4) is 0 Å². The average molecular weight is 214 g/mol. The van der Waals surface area contributed by atoms with Crippen molar-refractivity contribution in [2.75, 3.05) is 26.7 Å². The van der Waals surface area contributed by atoms with Gasteiger partial charge in [0.1, 0.15) is 0 Å². The summed E-state index contributed by atoms with van der Waals surface area (Å²) >= 11 is 0. The Kier molecular flexibility index (Phi) is 3.80. The summed E-state index contributed by atoms with van der Waals surface area (Å²) in [7, 11) is 1.78. The molecule has 0 atom stereocenters. The number of nitrogens with two attached hydrogens (primary N) is 1. The number of likely N-dealkylation sites (tertiary alicyclic amines) is 1.